The van der Waals surface area contributed by atoms with Gasteiger partial charge in [-0.3, -0.25) is 9.59 Å². The third kappa shape index (κ3) is 4.49. The minimum Gasteiger partial charge on any atom is -0.475 e. The molecule has 4 aliphatic rings. The van der Waals surface area contributed by atoms with Gasteiger partial charge >= 0.3 is 12.1 Å². The number of alkyl halides is 3. The molecule has 3 aliphatic heterocycles. The fourth-order valence-electron chi connectivity index (χ4n) is 5.63. The van der Waals surface area contributed by atoms with Crippen molar-refractivity contribution in [3.8, 4) is 6.07 Å². The van der Waals surface area contributed by atoms with Crippen molar-refractivity contribution in [2.24, 2.45) is 17.6 Å². The molecule has 9 nitrogen and oxygen atoms in total. The zero-order valence-corrected chi connectivity index (χ0v) is 18.1. The maximum atomic E-state index is 13.0. The van der Waals surface area contributed by atoms with Crippen LogP contribution in [0, 0.1) is 23.2 Å². The van der Waals surface area contributed by atoms with Gasteiger partial charge in [-0.25, -0.2) is 4.79 Å². The molecular formula is C22H25F3N4O5. The number of aliphatic carboxylic acids is 1. The molecule has 0 aromatic carbocycles. The summed E-state index contributed by atoms with van der Waals surface area (Å²) in [7, 11) is 0. The van der Waals surface area contributed by atoms with Gasteiger partial charge in [-0.1, -0.05) is 0 Å². The lowest BCUT2D eigenvalue weighted by Gasteiger charge is -2.41. The summed E-state index contributed by atoms with van der Waals surface area (Å²) >= 11 is 0. The number of carbonyl (C=O) groups is 3. The first kappa shape index (κ1) is 24.1. The van der Waals surface area contributed by atoms with Crippen LogP contribution in [0.4, 0.5) is 13.2 Å². The van der Waals surface area contributed by atoms with Crippen molar-refractivity contribution < 1.29 is 37.1 Å². The highest BCUT2D eigenvalue weighted by Gasteiger charge is 2.56. The number of likely N-dealkylation sites (tertiary alicyclic amines) is 1. The number of nitrogens with two attached hydrogens (primary N) is 1. The lowest BCUT2D eigenvalue weighted by atomic mass is 9.84. The predicted octanol–water partition coefficient (Wildman–Crippen LogP) is 2.14. The van der Waals surface area contributed by atoms with E-state index >= 15 is 0 Å². The van der Waals surface area contributed by atoms with Crippen LogP contribution in [0.15, 0.2) is 22.8 Å². The Balaban J connectivity index is 0.000000344. The van der Waals surface area contributed by atoms with E-state index in [9.17, 15) is 28.0 Å². The van der Waals surface area contributed by atoms with Crippen molar-refractivity contribution in [3.05, 3.63) is 24.2 Å². The van der Waals surface area contributed by atoms with Crippen LogP contribution in [-0.4, -0.2) is 69.1 Å². The molecule has 1 aromatic heterocycles. The van der Waals surface area contributed by atoms with Gasteiger partial charge in [0.25, 0.3) is 5.91 Å². The number of nitriles is 1. The highest BCUT2D eigenvalue weighted by Crippen LogP contribution is 2.48. The van der Waals surface area contributed by atoms with Crippen molar-refractivity contribution in [2.45, 2.75) is 74.9 Å². The van der Waals surface area contributed by atoms with Crippen LogP contribution in [0.5, 0.6) is 0 Å². The van der Waals surface area contributed by atoms with Crippen molar-refractivity contribution in [2.75, 3.05) is 0 Å². The number of halogens is 3. The molecule has 34 heavy (non-hydrogen) atoms. The van der Waals surface area contributed by atoms with Gasteiger partial charge in [0, 0.05) is 18.1 Å². The van der Waals surface area contributed by atoms with E-state index in [1.54, 1.807) is 17.0 Å². The molecule has 2 bridgehead atoms. The summed E-state index contributed by atoms with van der Waals surface area (Å²) in [5.74, 6) is -1.95. The number of hydrogen-bond donors (Lipinski definition) is 2. The number of piperidine rings is 2. The summed E-state index contributed by atoms with van der Waals surface area (Å²) < 4.78 is 37.0. The van der Waals surface area contributed by atoms with Gasteiger partial charge in [-0.2, -0.15) is 18.4 Å². The summed E-state index contributed by atoms with van der Waals surface area (Å²) in [6.45, 7) is 0. The van der Waals surface area contributed by atoms with Crippen LogP contribution in [0.25, 0.3) is 0 Å². The first-order chi connectivity index (χ1) is 16.0. The zero-order chi connectivity index (χ0) is 24.8. The highest BCUT2D eigenvalue weighted by molar-refractivity contribution is 5.92. The lowest BCUT2D eigenvalue weighted by Crippen LogP contribution is -2.55. The van der Waals surface area contributed by atoms with Crippen LogP contribution in [-0.2, 0) is 9.59 Å². The second kappa shape index (κ2) is 8.94. The number of carboxylic acid groups (broad SMARTS) is 1. The molecule has 0 radical (unpaired) electrons. The topological polar surface area (TPSA) is 141 Å². The van der Waals surface area contributed by atoms with Crippen molar-refractivity contribution in [3.63, 3.8) is 0 Å². The summed E-state index contributed by atoms with van der Waals surface area (Å²) in [5, 5.41) is 16.5. The molecule has 4 fully saturated rings. The molecule has 2 unspecified atom stereocenters. The van der Waals surface area contributed by atoms with Gasteiger partial charge in [0.15, 0.2) is 5.76 Å². The third-order valence-corrected chi connectivity index (χ3v) is 7.28. The Labute approximate surface area is 193 Å². The van der Waals surface area contributed by atoms with Gasteiger partial charge < -0.3 is 25.1 Å². The number of hydrogen-bond acceptors (Lipinski definition) is 6. The van der Waals surface area contributed by atoms with Crippen LogP contribution in [0.2, 0.25) is 0 Å². The van der Waals surface area contributed by atoms with E-state index in [4.69, 9.17) is 20.1 Å². The quantitative estimate of drug-likeness (QED) is 0.672. The first-order valence-electron chi connectivity index (χ1n) is 11.2. The molecule has 0 spiro atoms. The summed E-state index contributed by atoms with van der Waals surface area (Å²) in [5.41, 5.74) is 6.42. The lowest BCUT2D eigenvalue weighted by molar-refractivity contribution is -0.192. The second-order valence-corrected chi connectivity index (χ2v) is 9.32. The van der Waals surface area contributed by atoms with Crippen LogP contribution >= 0.6 is 0 Å². The number of fused-ring (bicyclic) bond motifs is 3. The minimum absolute atomic E-state index is 0.0595. The average molecular weight is 482 g/mol. The number of carboxylic acids is 1. The fraction of sp³-hybridized carbons (Fsp3) is 0.636. The minimum atomic E-state index is -5.08. The molecule has 3 saturated heterocycles. The van der Waals surface area contributed by atoms with Gasteiger partial charge in [0.2, 0.25) is 5.91 Å². The predicted molar refractivity (Wildman–Crippen MR) is 109 cm³/mol. The molecular weight excluding hydrogens is 457 g/mol. The molecule has 2 amide bonds. The van der Waals surface area contributed by atoms with E-state index in [2.05, 4.69) is 6.07 Å². The normalized spacial score (nSPS) is 32.2. The smallest absolute Gasteiger partial charge is 0.475 e. The molecule has 6 atom stereocenters. The third-order valence-electron chi connectivity index (χ3n) is 7.28. The number of furan rings is 1. The highest BCUT2D eigenvalue weighted by atomic mass is 19.4. The summed E-state index contributed by atoms with van der Waals surface area (Å²) in [6.07, 6.45) is 1.62. The van der Waals surface area contributed by atoms with Gasteiger partial charge in [0.05, 0.1) is 18.4 Å². The van der Waals surface area contributed by atoms with E-state index in [0.717, 1.165) is 38.5 Å². The van der Waals surface area contributed by atoms with Gasteiger partial charge in [-0.15, -0.1) is 0 Å². The molecule has 1 aliphatic carbocycles. The first-order valence-corrected chi connectivity index (χ1v) is 11.2. The molecule has 3 N–H and O–H groups in total. The zero-order valence-electron chi connectivity index (χ0n) is 18.1. The summed E-state index contributed by atoms with van der Waals surface area (Å²) in [4.78, 5) is 38.4. The Morgan fingerprint density at radius 1 is 1.15 bits per heavy atom. The Hall–Kier alpha value is -3.07. The van der Waals surface area contributed by atoms with Crippen molar-refractivity contribution in [1.29, 1.82) is 5.26 Å². The van der Waals surface area contributed by atoms with Crippen molar-refractivity contribution in [1.82, 2.24) is 9.80 Å². The Morgan fingerprint density at radius 2 is 1.76 bits per heavy atom. The molecule has 5 rings (SSSR count). The van der Waals surface area contributed by atoms with Crippen LogP contribution < -0.4 is 5.73 Å². The monoisotopic (exact) mass is 482 g/mol. The van der Waals surface area contributed by atoms with E-state index in [0.29, 0.717) is 11.7 Å². The number of rotatable bonds is 3. The standard InChI is InChI=1S/C20H24N4O3.C2HF3O2/c21-10-15-6-11-9-16(11)24(15)20(26)18(22)12-7-13-3-4-14(8-12)23(13)19(25)17-2-1-5-27-17;3-2(4,5)1(6)7/h1-2,5,11-16,18H,3-4,6-9,22H2;(H,6,7)/t11-,12?,13?,14?,15+,16+,18+;/m1./s1. The van der Waals surface area contributed by atoms with Crippen LogP contribution in [0.1, 0.15) is 49.1 Å². The number of nitrogens with zero attached hydrogens (tertiary/aromatic N) is 3. The van der Waals surface area contributed by atoms with Crippen LogP contribution in [0.3, 0.4) is 0 Å². The second-order valence-electron chi connectivity index (χ2n) is 9.32. The summed E-state index contributed by atoms with van der Waals surface area (Å²) in [6, 6.07) is 5.25. The molecule has 12 heteroatoms. The SMILES string of the molecule is N#C[C@@H]1C[C@@H]2C[C@@H]2N1C(=O)[C@@H](N)C1CC2CCC(C1)N2C(=O)c1ccco1.O=C(O)C(F)(F)F. The molecule has 1 aromatic rings. The van der Waals surface area contributed by atoms with Gasteiger partial charge in [0.1, 0.15) is 6.04 Å². The van der Waals surface area contributed by atoms with E-state index in [1.807, 2.05) is 4.90 Å². The van der Waals surface area contributed by atoms with Crippen molar-refractivity contribution >= 4 is 17.8 Å². The Morgan fingerprint density at radius 3 is 2.26 bits per heavy atom. The molecule has 1 saturated carbocycles. The fourth-order valence-corrected chi connectivity index (χ4v) is 5.63. The Bertz CT molecular complexity index is 978. The maximum Gasteiger partial charge on any atom is 0.490 e. The Kier molecular flexibility index (Phi) is 6.33. The maximum absolute atomic E-state index is 13.0. The number of carbonyl (C=O) groups excluding carboxylic acids is 2. The molecule has 184 valence electrons. The average Bonchev–Trinajstić information content (AvgIpc) is 3.13. The van der Waals surface area contributed by atoms with Gasteiger partial charge in [-0.05, 0) is 62.5 Å². The van der Waals surface area contributed by atoms with E-state index in [1.165, 1.54) is 6.26 Å². The van der Waals surface area contributed by atoms with E-state index < -0.39 is 18.2 Å². The largest absolute Gasteiger partial charge is 0.490 e. The van der Waals surface area contributed by atoms with E-state index in [-0.39, 0.29) is 41.9 Å². The number of amides is 2. The molecule has 4 heterocycles.